The van der Waals surface area contributed by atoms with Gasteiger partial charge >= 0.3 is 0 Å². The van der Waals surface area contributed by atoms with E-state index in [1.165, 1.54) is 17.2 Å². The molecule has 0 saturated heterocycles. The third-order valence-corrected chi connectivity index (χ3v) is 4.46. The van der Waals surface area contributed by atoms with E-state index in [2.05, 4.69) is 54.0 Å². The predicted octanol–water partition coefficient (Wildman–Crippen LogP) is 3.87. The molecule has 1 unspecified atom stereocenters. The summed E-state index contributed by atoms with van der Waals surface area (Å²) < 4.78 is 2.19. The summed E-state index contributed by atoms with van der Waals surface area (Å²) in [6, 6.07) is 14.8. The highest BCUT2D eigenvalue weighted by molar-refractivity contribution is 5.88. The van der Waals surface area contributed by atoms with Crippen molar-refractivity contribution in [2.24, 2.45) is 5.92 Å². The Bertz CT molecular complexity index is 816. The topological polar surface area (TPSA) is 43.8 Å². The van der Waals surface area contributed by atoms with Crippen LogP contribution >= 0.6 is 0 Å². The Labute approximate surface area is 124 Å². The zero-order valence-corrected chi connectivity index (χ0v) is 12.2. The number of nitrogens with zero attached hydrogens (tertiary/aromatic N) is 2. The molecule has 2 N–H and O–H groups in total. The first-order chi connectivity index (χ1) is 10.2. The SMILES string of the molecule is CC1CCc2nc(-c3ccc4ccccc4c3)c(N)n2C1. The molecular weight excluding hydrogens is 258 g/mol. The van der Waals surface area contributed by atoms with Crippen LogP contribution in [0, 0.1) is 5.92 Å². The van der Waals surface area contributed by atoms with Gasteiger partial charge in [-0.15, -0.1) is 0 Å². The number of anilines is 1. The van der Waals surface area contributed by atoms with Crippen molar-refractivity contribution in [2.75, 3.05) is 5.73 Å². The van der Waals surface area contributed by atoms with Gasteiger partial charge in [0, 0.05) is 18.5 Å². The van der Waals surface area contributed by atoms with Crippen LogP contribution in [0.1, 0.15) is 19.2 Å². The van der Waals surface area contributed by atoms with Crippen LogP contribution in [-0.4, -0.2) is 9.55 Å². The number of fused-ring (bicyclic) bond motifs is 2. The zero-order valence-electron chi connectivity index (χ0n) is 12.2. The van der Waals surface area contributed by atoms with Gasteiger partial charge in [0.1, 0.15) is 17.3 Å². The molecule has 0 radical (unpaired) electrons. The molecule has 3 nitrogen and oxygen atoms in total. The lowest BCUT2D eigenvalue weighted by Gasteiger charge is -2.20. The van der Waals surface area contributed by atoms with Crippen molar-refractivity contribution in [3.8, 4) is 11.3 Å². The van der Waals surface area contributed by atoms with Gasteiger partial charge in [-0.3, -0.25) is 0 Å². The number of nitrogens with two attached hydrogens (primary N) is 1. The van der Waals surface area contributed by atoms with Crippen LogP contribution in [0.4, 0.5) is 5.82 Å². The molecule has 21 heavy (non-hydrogen) atoms. The summed E-state index contributed by atoms with van der Waals surface area (Å²) in [5.74, 6) is 2.62. The largest absolute Gasteiger partial charge is 0.383 e. The van der Waals surface area contributed by atoms with E-state index >= 15 is 0 Å². The van der Waals surface area contributed by atoms with Gasteiger partial charge in [-0.1, -0.05) is 43.3 Å². The molecule has 2 heterocycles. The molecule has 0 fully saturated rings. The van der Waals surface area contributed by atoms with Crippen LogP contribution in [-0.2, 0) is 13.0 Å². The maximum Gasteiger partial charge on any atom is 0.131 e. The number of aromatic nitrogens is 2. The standard InChI is InChI=1S/C18H19N3/c1-12-6-9-16-20-17(18(19)21(16)11-12)15-8-7-13-4-2-3-5-14(13)10-15/h2-5,7-8,10,12H,6,9,11,19H2,1H3. The molecule has 1 aromatic heterocycles. The Hall–Kier alpha value is -2.29. The number of hydrogen-bond acceptors (Lipinski definition) is 2. The molecule has 1 aliphatic rings. The summed E-state index contributed by atoms with van der Waals surface area (Å²) in [6.45, 7) is 3.26. The van der Waals surface area contributed by atoms with Gasteiger partial charge in [0.2, 0.25) is 0 Å². The van der Waals surface area contributed by atoms with E-state index in [0.29, 0.717) is 5.92 Å². The highest BCUT2D eigenvalue weighted by Gasteiger charge is 2.22. The third kappa shape index (κ3) is 2.00. The Balaban J connectivity index is 1.85. The number of hydrogen-bond donors (Lipinski definition) is 1. The molecule has 1 aliphatic heterocycles. The summed E-state index contributed by atoms with van der Waals surface area (Å²) >= 11 is 0. The minimum atomic E-state index is 0.679. The Morgan fingerprint density at radius 1 is 1.14 bits per heavy atom. The predicted molar refractivity (Wildman–Crippen MR) is 87.1 cm³/mol. The van der Waals surface area contributed by atoms with Gasteiger partial charge in [-0.05, 0) is 29.2 Å². The maximum atomic E-state index is 6.36. The van der Waals surface area contributed by atoms with E-state index in [1.807, 2.05) is 0 Å². The molecule has 3 aromatic rings. The average molecular weight is 277 g/mol. The first-order valence-corrected chi connectivity index (χ1v) is 7.56. The van der Waals surface area contributed by atoms with Gasteiger partial charge in [-0.25, -0.2) is 4.98 Å². The van der Waals surface area contributed by atoms with Crippen LogP contribution in [0.2, 0.25) is 0 Å². The molecule has 106 valence electrons. The summed E-state index contributed by atoms with van der Waals surface area (Å²) in [5.41, 5.74) is 8.41. The first-order valence-electron chi connectivity index (χ1n) is 7.56. The van der Waals surface area contributed by atoms with Crippen molar-refractivity contribution in [1.82, 2.24) is 9.55 Å². The third-order valence-electron chi connectivity index (χ3n) is 4.46. The molecule has 1 atom stereocenters. The second kappa shape index (κ2) is 4.62. The molecule has 0 bridgehead atoms. The fraction of sp³-hybridized carbons (Fsp3) is 0.278. The van der Waals surface area contributed by atoms with Gasteiger partial charge in [0.05, 0.1) is 0 Å². The number of nitrogen functional groups attached to an aromatic ring is 1. The number of benzene rings is 2. The van der Waals surface area contributed by atoms with Crippen molar-refractivity contribution in [1.29, 1.82) is 0 Å². The minimum absolute atomic E-state index is 0.679. The molecule has 0 spiro atoms. The molecule has 0 aliphatic carbocycles. The van der Waals surface area contributed by atoms with E-state index in [-0.39, 0.29) is 0 Å². The lowest BCUT2D eigenvalue weighted by atomic mass is 10.0. The van der Waals surface area contributed by atoms with Crippen LogP contribution in [0.25, 0.3) is 22.0 Å². The Morgan fingerprint density at radius 2 is 1.95 bits per heavy atom. The van der Waals surface area contributed by atoms with Crippen molar-refractivity contribution < 1.29 is 0 Å². The van der Waals surface area contributed by atoms with E-state index in [0.717, 1.165) is 35.9 Å². The number of rotatable bonds is 1. The first kappa shape index (κ1) is 12.5. The Morgan fingerprint density at radius 3 is 2.81 bits per heavy atom. The van der Waals surface area contributed by atoms with E-state index in [1.54, 1.807) is 0 Å². The second-order valence-corrected chi connectivity index (χ2v) is 6.08. The zero-order chi connectivity index (χ0) is 14.4. The van der Waals surface area contributed by atoms with Crippen LogP contribution in [0.5, 0.6) is 0 Å². The summed E-state index contributed by atoms with van der Waals surface area (Å²) in [6.07, 6.45) is 2.23. The van der Waals surface area contributed by atoms with Gasteiger partial charge in [0.15, 0.2) is 0 Å². The van der Waals surface area contributed by atoms with Crippen molar-refractivity contribution in [3.05, 3.63) is 48.3 Å². The van der Waals surface area contributed by atoms with Crippen molar-refractivity contribution in [3.63, 3.8) is 0 Å². The number of aryl methyl sites for hydroxylation is 1. The number of imidazole rings is 1. The maximum absolute atomic E-state index is 6.36. The van der Waals surface area contributed by atoms with Gasteiger partial charge in [0.25, 0.3) is 0 Å². The van der Waals surface area contributed by atoms with Crippen LogP contribution in [0.15, 0.2) is 42.5 Å². The molecule has 3 heteroatoms. The van der Waals surface area contributed by atoms with Crippen molar-refractivity contribution >= 4 is 16.6 Å². The van der Waals surface area contributed by atoms with Crippen LogP contribution < -0.4 is 5.73 Å². The second-order valence-electron chi connectivity index (χ2n) is 6.08. The van der Waals surface area contributed by atoms with Crippen molar-refractivity contribution in [2.45, 2.75) is 26.3 Å². The highest BCUT2D eigenvalue weighted by atomic mass is 15.1. The van der Waals surface area contributed by atoms with Crippen LogP contribution in [0.3, 0.4) is 0 Å². The molecule has 4 rings (SSSR count). The highest BCUT2D eigenvalue weighted by Crippen LogP contribution is 2.32. The van der Waals surface area contributed by atoms with Gasteiger partial charge < -0.3 is 10.3 Å². The Kier molecular flexibility index (Phi) is 2.74. The summed E-state index contributed by atoms with van der Waals surface area (Å²) in [5, 5.41) is 2.48. The van der Waals surface area contributed by atoms with Gasteiger partial charge in [-0.2, -0.15) is 0 Å². The molecular formula is C18H19N3. The molecule has 2 aromatic carbocycles. The normalized spacial score (nSPS) is 17.9. The summed E-state index contributed by atoms with van der Waals surface area (Å²) in [4.78, 5) is 4.80. The summed E-state index contributed by atoms with van der Waals surface area (Å²) in [7, 11) is 0. The molecule has 0 saturated carbocycles. The lowest BCUT2D eigenvalue weighted by Crippen LogP contribution is -2.19. The van der Waals surface area contributed by atoms with E-state index < -0.39 is 0 Å². The monoisotopic (exact) mass is 277 g/mol. The lowest BCUT2D eigenvalue weighted by molar-refractivity contribution is 0.397. The van der Waals surface area contributed by atoms with E-state index in [9.17, 15) is 0 Å². The van der Waals surface area contributed by atoms with E-state index in [4.69, 9.17) is 10.7 Å². The quantitative estimate of drug-likeness (QED) is 0.734. The molecule has 0 amide bonds. The minimum Gasteiger partial charge on any atom is -0.383 e. The fourth-order valence-electron chi connectivity index (χ4n) is 3.24. The fourth-order valence-corrected chi connectivity index (χ4v) is 3.24. The average Bonchev–Trinajstić information content (AvgIpc) is 2.84. The smallest absolute Gasteiger partial charge is 0.131 e.